The highest BCUT2D eigenvalue weighted by molar-refractivity contribution is 5.91. The molecule has 10 heteroatoms. The van der Waals surface area contributed by atoms with Gasteiger partial charge in [-0.1, -0.05) is 18.2 Å². The fourth-order valence-electron chi connectivity index (χ4n) is 3.24. The third kappa shape index (κ3) is 3.40. The number of nitrogens with two attached hydrogens (primary N) is 2. The Bertz CT molecular complexity index is 1260. The molecule has 30 heavy (non-hydrogen) atoms. The molecule has 0 bridgehead atoms. The summed E-state index contributed by atoms with van der Waals surface area (Å²) in [4.78, 5) is 8.32. The standard InChI is InChI=1S/C20H16F4N6/c1-10-3-2-4-12(16(10)21)17-13-8-27-30(18(13)29-19(26)28-17)9-11-5-6-15(25)14(7-11)20(22,23)24/h2-8H,9,25H2,1H3,(H2,26,28,29). The molecule has 0 saturated carbocycles. The summed E-state index contributed by atoms with van der Waals surface area (Å²) in [5, 5.41) is 4.64. The van der Waals surface area contributed by atoms with Crippen LogP contribution in [0.4, 0.5) is 29.2 Å². The van der Waals surface area contributed by atoms with Crippen molar-refractivity contribution in [3.8, 4) is 11.3 Å². The van der Waals surface area contributed by atoms with Gasteiger partial charge in [0.25, 0.3) is 0 Å². The van der Waals surface area contributed by atoms with Crippen molar-refractivity contribution in [1.82, 2.24) is 19.7 Å². The fraction of sp³-hybridized carbons (Fsp3) is 0.150. The lowest BCUT2D eigenvalue weighted by atomic mass is 10.1. The summed E-state index contributed by atoms with van der Waals surface area (Å²) in [5.74, 6) is -0.550. The van der Waals surface area contributed by atoms with Gasteiger partial charge in [0, 0.05) is 11.3 Å². The van der Waals surface area contributed by atoms with Crippen molar-refractivity contribution in [2.75, 3.05) is 11.5 Å². The molecule has 0 radical (unpaired) electrons. The molecular formula is C20H16F4N6. The molecule has 2 aromatic carbocycles. The second kappa shape index (κ2) is 6.97. The average Bonchev–Trinajstić information content (AvgIpc) is 3.06. The van der Waals surface area contributed by atoms with Gasteiger partial charge >= 0.3 is 6.18 Å². The van der Waals surface area contributed by atoms with Crippen LogP contribution < -0.4 is 11.5 Å². The molecule has 0 amide bonds. The molecule has 0 aliphatic carbocycles. The summed E-state index contributed by atoms with van der Waals surface area (Å²) in [5.41, 5.74) is 11.5. The molecule has 6 nitrogen and oxygen atoms in total. The number of anilines is 2. The first-order valence-electron chi connectivity index (χ1n) is 8.85. The topological polar surface area (TPSA) is 95.6 Å². The highest BCUT2D eigenvalue weighted by atomic mass is 19.4. The number of nitrogen functional groups attached to an aromatic ring is 2. The van der Waals surface area contributed by atoms with E-state index < -0.39 is 17.6 Å². The number of alkyl halides is 3. The van der Waals surface area contributed by atoms with E-state index in [1.165, 1.54) is 23.0 Å². The Morgan fingerprint density at radius 2 is 1.83 bits per heavy atom. The molecule has 0 atom stereocenters. The van der Waals surface area contributed by atoms with E-state index in [1.807, 2.05) is 0 Å². The van der Waals surface area contributed by atoms with Gasteiger partial charge in [-0.25, -0.2) is 14.1 Å². The van der Waals surface area contributed by atoms with Crippen molar-refractivity contribution < 1.29 is 17.6 Å². The molecule has 4 aromatic rings. The summed E-state index contributed by atoms with van der Waals surface area (Å²) < 4.78 is 55.5. The van der Waals surface area contributed by atoms with Crippen LogP contribution in [0, 0.1) is 12.7 Å². The highest BCUT2D eigenvalue weighted by Crippen LogP contribution is 2.34. The van der Waals surface area contributed by atoms with E-state index in [-0.39, 0.29) is 35.1 Å². The second-order valence-electron chi connectivity index (χ2n) is 6.83. The minimum Gasteiger partial charge on any atom is -0.398 e. The SMILES string of the molecule is Cc1cccc(-c2nc(N)nc3c2cnn3Cc2ccc(N)c(C(F)(F)F)c2)c1F. The van der Waals surface area contributed by atoms with Gasteiger partial charge in [0.05, 0.1) is 29.4 Å². The monoisotopic (exact) mass is 416 g/mol. The maximum absolute atomic E-state index is 14.6. The first-order chi connectivity index (χ1) is 14.1. The molecule has 4 rings (SSSR count). The molecule has 0 unspecified atom stereocenters. The van der Waals surface area contributed by atoms with Crippen LogP contribution in [0.3, 0.4) is 0 Å². The lowest BCUT2D eigenvalue weighted by molar-refractivity contribution is -0.136. The van der Waals surface area contributed by atoms with Crippen molar-refractivity contribution in [2.45, 2.75) is 19.6 Å². The van der Waals surface area contributed by atoms with Gasteiger partial charge in [-0.3, -0.25) is 0 Å². The zero-order valence-electron chi connectivity index (χ0n) is 15.7. The number of hydrogen-bond donors (Lipinski definition) is 2. The van der Waals surface area contributed by atoms with Gasteiger partial charge in [-0.2, -0.15) is 23.3 Å². The zero-order valence-corrected chi connectivity index (χ0v) is 15.7. The maximum atomic E-state index is 14.6. The van der Waals surface area contributed by atoms with Crippen LogP contribution in [-0.4, -0.2) is 19.7 Å². The van der Waals surface area contributed by atoms with Crippen molar-refractivity contribution in [1.29, 1.82) is 0 Å². The van der Waals surface area contributed by atoms with E-state index in [2.05, 4.69) is 15.1 Å². The summed E-state index contributed by atoms with van der Waals surface area (Å²) in [6, 6.07) is 8.52. The van der Waals surface area contributed by atoms with Crippen LogP contribution in [0.25, 0.3) is 22.3 Å². The van der Waals surface area contributed by atoms with E-state index in [9.17, 15) is 17.6 Å². The van der Waals surface area contributed by atoms with Crippen LogP contribution >= 0.6 is 0 Å². The number of fused-ring (bicyclic) bond motifs is 1. The van der Waals surface area contributed by atoms with E-state index in [1.54, 1.807) is 25.1 Å². The second-order valence-corrected chi connectivity index (χ2v) is 6.83. The average molecular weight is 416 g/mol. The number of aromatic nitrogens is 4. The molecule has 2 heterocycles. The van der Waals surface area contributed by atoms with Crippen molar-refractivity contribution in [2.24, 2.45) is 0 Å². The smallest absolute Gasteiger partial charge is 0.398 e. The Labute approximate surface area is 168 Å². The molecular weight excluding hydrogens is 400 g/mol. The van der Waals surface area contributed by atoms with Gasteiger partial charge in [-0.05, 0) is 36.2 Å². The normalized spacial score (nSPS) is 11.9. The number of nitrogens with zero attached hydrogens (tertiary/aromatic N) is 4. The summed E-state index contributed by atoms with van der Waals surface area (Å²) in [7, 11) is 0. The van der Waals surface area contributed by atoms with Gasteiger partial charge in [0.2, 0.25) is 5.95 Å². The van der Waals surface area contributed by atoms with Crippen molar-refractivity contribution in [3.63, 3.8) is 0 Å². The van der Waals surface area contributed by atoms with E-state index >= 15 is 0 Å². The minimum atomic E-state index is -4.57. The number of halogens is 4. The number of aryl methyl sites for hydroxylation is 1. The molecule has 2 aromatic heterocycles. The number of rotatable bonds is 3. The molecule has 0 aliphatic heterocycles. The van der Waals surface area contributed by atoms with Gasteiger partial charge in [-0.15, -0.1) is 0 Å². The zero-order chi connectivity index (χ0) is 21.6. The molecule has 0 spiro atoms. The third-order valence-corrected chi connectivity index (χ3v) is 4.72. The molecule has 4 N–H and O–H groups in total. The van der Waals surface area contributed by atoms with E-state index in [4.69, 9.17) is 11.5 Å². The van der Waals surface area contributed by atoms with Crippen LogP contribution in [-0.2, 0) is 12.7 Å². The Morgan fingerprint density at radius 1 is 1.07 bits per heavy atom. The molecule has 0 fully saturated rings. The van der Waals surface area contributed by atoms with E-state index in [0.29, 0.717) is 16.5 Å². The minimum absolute atomic E-state index is 0.0148. The van der Waals surface area contributed by atoms with Gasteiger partial charge < -0.3 is 11.5 Å². The lowest BCUT2D eigenvalue weighted by Crippen LogP contribution is -2.11. The van der Waals surface area contributed by atoms with Gasteiger partial charge in [0.1, 0.15) is 5.82 Å². The summed E-state index contributed by atoms with van der Waals surface area (Å²) in [6.07, 6.45) is -3.14. The van der Waals surface area contributed by atoms with Crippen LogP contribution in [0.15, 0.2) is 42.6 Å². The first kappa shape index (κ1) is 19.6. The third-order valence-electron chi connectivity index (χ3n) is 4.72. The number of benzene rings is 2. The van der Waals surface area contributed by atoms with Crippen molar-refractivity contribution >= 4 is 22.7 Å². The molecule has 154 valence electrons. The predicted octanol–water partition coefficient (Wildman–Crippen LogP) is 4.17. The van der Waals surface area contributed by atoms with Crippen LogP contribution in [0.1, 0.15) is 16.7 Å². The summed E-state index contributed by atoms with van der Waals surface area (Å²) >= 11 is 0. The quantitative estimate of drug-likeness (QED) is 0.386. The first-order valence-corrected chi connectivity index (χ1v) is 8.85. The Hall–Kier alpha value is -3.69. The molecule has 0 aliphatic rings. The largest absolute Gasteiger partial charge is 0.418 e. The number of hydrogen-bond acceptors (Lipinski definition) is 5. The van der Waals surface area contributed by atoms with E-state index in [0.717, 1.165) is 6.07 Å². The molecule has 0 saturated heterocycles. The Balaban J connectivity index is 1.82. The predicted molar refractivity (Wildman–Crippen MR) is 105 cm³/mol. The Morgan fingerprint density at radius 3 is 2.57 bits per heavy atom. The van der Waals surface area contributed by atoms with Crippen molar-refractivity contribution in [3.05, 3.63) is 65.1 Å². The van der Waals surface area contributed by atoms with Gasteiger partial charge in [0.15, 0.2) is 5.65 Å². The highest BCUT2D eigenvalue weighted by Gasteiger charge is 2.33. The van der Waals surface area contributed by atoms with Crippen LogP contribution in [0.5, 0.6) is 0 Å². The van der Waals surface area contributed by atoms with Crippen LogP contribution in [0.2, 0.25) is 0 Å². The Kier molecular flexibility index (Phi) is 4.56. The maximum Gasteiger partial charge on any atom is 0.418 e. The fourth-order valence-corrected chi connectivity index (χ4v) is 3.24. The lowest BCUT2D eigenvalue weighted by Gasteiger charge is -2.12. The summed E-state index contributed by atoms with van der Waals surface area (Å²) in [6.45, 7) is 1.61.